The Kier molecular flexibility index (Phi) is 5.29. The Balaban J connectivity index is 2.40. The second kappa shape index (κ2) is 6.53. The monoisotopic (exact) mass is 211 g/mol. The van der Waals surface area contributed by atoms with Gasteiger partial charge in [-0.2, -0.15) is 0 Å². The molecular formula is C12H18FNO. The zero-order valence-corrected chi connectivity index (χ0v) is 9.04. The van der Waals surface area contributed by atoms with Crippen molar-refractivity contribution in [1.29, 1.82) is 0 Å². The summed E-state index contributed by atoms with van der Waals surface area (Å²) in [7, 11) is 0. The van der Waals surface area contributed by atoms with E-state index in [1.807, 2.05) is 0 Å². The topological polar surface area (TPSA) is 32.3 Å². The van der Waals surface area contributed by atoms with Gasteiger partial charge in [-0.15, -0.1) is 0 Å². The van der Waals surface area contributed by atoms with Crippen LogP contribution in [0, 0.1) is 5.82 Å². The van der Waals surface area contributed by atoms with Crippen molar-refractivity contribution in [3.8, 4) is 0 Å². The van der Waals surface area contributed by atoms with Crippen LogP contribution in [0.15, 0.2) is 24.3 Å². The molecule has 1 atom stereocenters. The van der Waals surface area contributed by atoms with Crippen LogP contribution in [0.3, 0.4) is 0 Å². The molecule has 0 saturated heterocycles. The maximum absolute atomic E-state index is 13.2. The minimum Gasteiger partial charge on any atom is -0.387 e. The van der Waals surface area contributed by atoms with Crippen LogP contribution in [-0.2, 0) is 0 Å². The fraction of sp³-hybridized carbons (Fsp3) is 0.500. The fourth-order valence-electron chi connectivity index (χ4n) is 1.40. The summed E-state index contributed by atoms with van der Waals surface area (Å²) < 4.78 is 13.2. The van der Waals surface area contributed by atoms with Gasteiger partial charge in [0.05, 0.1) is 6.10 Å². The quantitative estimate of drug-likeness (QED) is 0.707. The molecule has 2 nitrogen and oxygen atoms in total. The Hall–Kier alpha value is -0.930. The molecule has 2 N–H and O–H groups in total. The number of rotatable bonds is 6. The van der Waals surface area contributed by atoms with Crippen molar-refractivity contribution in [2.75, 3.05) is 13.1 Å². The van der Waals surface area contributed by atoms with E-state index in [-0.39, 0.29) is 5.82 Å². The van der Waals surface area contributed by atoms with Crippen molar-refractivity contribution in [2.24, 2.45) is 0 Å². The molecule has 0 bridgehead atoms. The Labute approximate surface area is 90.1 Å². The molecule has 15 heavy (non-hydrogen) atoms. The fourth-order valence-corrected chi connectivity index (χ4v) is 1.40. The normalized spacial score (nSPS) is 12.7. The lowest BCUT2D eigenvalue weighted by Gasteiger charge is -2.12. The maximum Gasteiger partial charge on any atom is 0.129 e. The Morgan fingerprint density at radius 1 is 1.40 bits per heavy atom. The number of aliphatic hydroxyl groups is 1. The first-order valence-electron chi connectivity index (χ1n) is 5.39. The molecule has 0 aliphatic rings. The summed E-state index contributed by atoms with van der Waals surface area (Å²) >= 11 is 0. The van der Waals surface area contributed by atoms with Gasteiger partial charge in [-0.1, -0.05) is 31.5 Å². The van der Waals surface area contributed by atoms with E-state index in [0.29, 0.717) is 12.1 Å². The Morgan fingerprint density at radius 2 is 2.13 bits per heavy atom. The van der Waals surface area contributed by atoms with Gasteiger partial charge in [0.1, 0.15) is 5.82 Å². The summed E-state index contributed by atoms with van der Waals surface area (Å²) in [6.45, 7) is 3.37. The van der Waals surface area contributed by atoms with Crippen LogP contribution in [0.1, 0.15) is 31.4 Å². The van der Waals surface area contributed by atoms with Gasteiger partial charge in [0.15, 0.2) is 0 Å². The van der Waals surface area contributed by atoms with Crippen LogP contribution >= 0.6 is 0 Å². The van der Waals surface area contributed by atoms with Crippen molar-refractivity contribution in [1.82, 2.24) is 5.32 Å². The summed E-state index contributed by atoms with van der Waals surface area (Å²) in [5.41, 5.74) is 0.362. The van der Waals surface area contributed by atoms with E-state index in [1.54, 1.807) is 18.2 Å². The summed E-state index contributed by atoms with van der Waals surface area (Å²) in [6, 6.07) is 6.33. The zero-order chi connectivity index (χ0) is 11.1. The molecule has 0 fully saturated rings. The van der Waals surface area contributed by atoms with E-state index in [2.05, 4.69) is 12.2 Å². The third kappa shape index (κ3) is 3.98. The zero-order valence-electron chi connectivity index (χ0n) is 9.04. The van der Waals surface area contributed by atoms with Crippen LogP contribution in [0.25, 0.3) is 0 Å². The molecule has 1 rings (SSSR count). The summed E-state index contributed by atoms with van der Waals surface area (Å²) in [5.74, 6) is -0.345. The lowest BCUT2D eigenvalue weighted by atomic mass is 10.1. The molecule has 0 aliphatic heterocycles. The molecule has 1 aromatic carbocycles. The average molecular weight is 211 g/mol. The maximum atomic E-state index is 13.2. The summed E-state index contributed by atoms with van der Waals surface area (Å²) in [6.07, 6.45) is 1.43. The van der Waals surface area contributed by atoms with Crippen molar-refractivity contribution in [3.05, 3.63) is 35.6 Å². The van der Waals surface area contributed by atoms with E-state index in [9.17, 15) is 9.50 Å². The number of aliphatic hydroxyl groups excluding tert-OH is 1. The van der Waals surface area contributed by atoms with Crippen molar-refractivity contribution in [2.45, 2.75) is 25.9 Å². The lowest BCUT2D eigenvalue weighted by molar-refractivity contribution is 0.170. The highest BCUT2D eigenvalue weighted by Crippen LogP contribution is 2.15. The van der Waals surface area contributed by atoms with Crippen molar-refractivity contribution < 1.29 is 9.50 Å². The van der Waals surface area contributed by atoms with Gasteiger partial charge in [-0.05, 0) is 19.0 Å². The highest BCUT2D eigenvalue weighted by atomic mass is 19.1. The smallest absolute Gasteiger partial charge is 0.129 e. The first-order chi connectivity index (χ1) is 7.25. The van der Waals surface area contributed by atoms with Gasteiger partial charge in [0.2, 0.25) is 0 Å². The number of benzene rings is 1. The van der Waals surface area contributed by atoms with Crippen LogP contribution in [0.5, 0.6) is 0 Å². The van der Waals surface area contributed by atoms with Crippen LogP contribution in [0.4, 0.5) is 4.39 Å². The third-order valence-corrected chi connectivity index (χ3v) is 2.31. The number of hydrogen-bond acceptors (Lipinski definition) is 2. The van der Waals surface area contributed by atoms with Crippen LogP contribution in [0.2, 0.25) is 0 Å². The SMILES string of the molecule is CCCCNC[C@H](O)c1ccccc1F. The molecule has 0 amide bonds. The Morgan fingerprint density at radius 3 is 2.80 bits per heavy atom. The second-order valence-corrected chi connectivity index (χ2v) is 3.59. The highest BCUT2D eigenvalue weighted by Gasteiger charge is 2.10. The van der Waals surface area contributed by atoms with Crippen LogP contribution < -0.4 is 5.32 Å². The second-order valence-electron chi connectivity index (χ2n) is 3.59. The lowest BCUT2D eigenvalue weighted by Crippen LogP contribution is -2.22. The van der Waals surface area contributed by atoms with Gasteiger partial charge in [0.25, 0.3) is 0 Å². The third-order valence-electron chi connectivity index (χ3n) is 2.31. The van der Waals surface area contributed by atoms with E-state index in [0.717, 1.165) is 19.4 Å². The molecule has 3 heteroatoms. The van der Waals surface area contributed by atoms with Gasteiger partial charge in [0, 0.05) is 12.1 Å². The predicted octanol–water partition coefficient (Wildman–Crippen LogP) is 2.25. The minimum atomic E-state index is -0.761. The first kappa shape index (κ1) is 12.1. The largest absolute Gasteiger partial charge is 0.387 e. The van der Waals surface area contributed by atoms with Crippen LogP contribution in [-0.4, -0.2) is 18.2 Å². The molecule has 0 aromatic heterocycles. The average Bonchev–Trinajstić information content (AvgIpc) is 2.25. The molecule has 0 aliphatic carbocycles. The molecule has 0 unspecified atom stereocenters. The van der Waals surface area contributed by atoms with Crippen molar-refractivity contribution >= 4 is 0 Å². The molecule has 0 spiro atoms. The van der Waals surface area contributed by atoms with Gasteiger partial charge in [-0.25, -0.2) is 4.39 Å². The molecule has 0 saturated carbocycles. The molecule has 0 radical (unpaired) electrons. The van der Waals surface area contributed by atoms with E-state index in [1.165, 1.54) is 6.07 Å². The predicted molar refractivity (Wildman–Crippen MR) is 59.1 cm³/mol. The number of nitrogens with one attached hydrogen (secondary N) is 1. The molecular weight excluding hydrogens is 193 g/mol. The van der Waals surface area contributed by atoms with Gasteiger partial charge in [-0.3, -0.25) is 0 Å². The van der Waals surface area contributed by atoms with Gasteiger partial charge < -0.3 is 10.4 Å². The van der Waals surface area contributed by atoms with E-state index in [4.69, 9.17) is 0 Å². The molecule has 1 aromatic rings. The van der Waals surface area contributed by atoms with E-state index < -0.39 is 6.10 Å². The summed E-state index contributed by atoms with van der Waals surface area (Å²) in [5, 5.41) is 12.8. The van der Waals surface area contributed by atoms with Gasteiger partial charge >= 0.3 is 0 Å². The number of unbranched alkanes of at least 4 members (excludes halogenated alkanes) is 1. The molecule has 84 valence electrons. The number of hydrogen-bond donors (Lipinski definition) is 2. The number of halogens is 1. The molecule has 0 heterocycles. The first-order valence-corrected chi connectivity index (χ1v) is 5.39. The Bertz CT molecular complexity index is 291. The van der Waals surface area contributed by atoms with Crippen molar-refractivity contribution in [3.63, 3.8) is 0 Å². The highest BCUT2D eigenvalue weighted by molar-refractivity contribution is 5.19. The van der Waals surface area contributed by atoms with E-state index >= 15 is 0 Å². The summed E-state index contributed by atoms with van der Waals surface area (Å²) in [4.78, 5) is 0. The minimum absolute atomic E-state index is 0.345. The standard InChI is InChI=1S/C12H18FNO/c1-2-3-8-14-9-12(15)10-6-4-5-7-11(10)13/h4-7,12,14-15H,2-3,8-9H2,1H3/t12-/m0/s1.